The molecule has 1 aromatic carbocycles. The van der Waals surface area contributed by atoms with Gasteiger partial charge in [0.25, 0.3) is 0 Å². The van der Waals surface area contributed by atoms with E-state index in [1.54, 1.807) is 0 Å². The van der Waals surface area contributed by atoms with Gasteiger partial charge in [0.2, 0.25) is 0 Å². The number of nitrogens with one attached hydrogen (secondary N) is 1. The Morgan fingerprint density at radius 3 is 2.67 bits per heavy atom. The molecule has 0 amide bonds. The molecule has 3 heteroatoms. The van der Waals surface area contributed by atoms with Crippen molar-refractivity contribution in [2.75, 3.05) is 13.2 Å². The molecule has 3 nitrogen and oxygen atoms in total. The summed E-state index contributed by atoms with van der Waals surface area (Å²) in [5.74, 6) is 0.932. The number of hydrogen-bond donors (Lipinski definition) is 1. The summed E-state index contributed by atoms with van der Waals surface area (Å²) in [5.41, 5.74) is 2.49. The first-order valence-electron chi connectivity index (χ1n) is 7.40. The third-order valence-electron chi connectivity index (χ3n) is 3.28. The monoisotopic (exact) mass is 284 g/mol. The lowest BCUT2D eigenvalue weighted by Gasteiger charge is -2.19. The van der Waals surface area contributed by atoms with Crippen molar-refractivity contribution in [1.29, 1.82) is 0 Å². The van der Waals surface area contributed by atoms with Crippen LogP contribution in [0.2, 0.25) is 0 Å². The molecule has 0 fully saturated rings. The molecule has 0 aliphatic carbocycles. The normalized spacial score (nSPS) is 11.4. The van der Waals surface area contributed by atoms with Crippen molar-refractivity contribution in [3.8, 4) is 5.75 Å². The molecule has 2 rings (SSSR count). The third kappa shape index (κ3) is 5.20. The standard InChI is InChI=1S/C18H24N2O/c1-18(2,3)15-7-6-9-17(13-15)21-12-11-19-14-16-8-4-5-10-20-16/h4-10,13,19H,11-12,14H2,1-3H3. The number of pyridine rings is 1. The second-order valence-electron chi connectivity index (χ2n) is 6.12. The van der Waals surface area contributed by atoms with E-state index in [9.17, 15) is 0 Å². The molecule has 0 aliphatic heterocycles. The van der Waals surface area contributed by atoms with Crippen LogP contribution in [-0.4, -0.2) is 18.1 Å². The van der Waals surface area contributed by atoms with Gasteiger partial charge in [-0.2, -0.15) is 0 Å². The lowest BCUT2D eigenvalue weighted by Crippen LogP contribution is -2.21. The van der Waals surface area contributed by atoms with Crippen molar-refractivity contribution >= 4 is 0 Å². The van der Waals surface area contributed by atoms with Crippen LogP contribution in [-0.2, 0) is 12.0 Å². The summed E-state index contributed by atoms with van der Waals surface area (Å²) in [6.45, 7) is 8.85. The van der Waals surface area contributed by atoms with Gasteiger partial charge in [0.15, 0.2) is 0 Å². The van der Waals surface area contributed by atoms with Crippen LogP contribution in [0.5, 0.6) is 5.75 Å². The van der Waals surface area contributed by atoms with Crippen molar-refractivity contribution in [2.45, 2.75) is 32.7 Å². The minimum absolute atomic E-state index is 0.149. The van der Waals surface area contributed by atoms with Crippen molar-refractivity contribution < 1.29 is 4.74 Å². The van der Waals surface area contributed by atoms with E-state index < -0.39 is 0 Å². The largest absolute Gasteiger partial charge is 0.492 e. The maximum absolute atomic E-state index is 5.80. The highest BCUT2D eigenvalue weighted by molar-refractivity contribution is 5.32. The summed E-state index contributed by atoms with van der Waals surface area (Å²) >= 11 is 0. The number of rotatable bonds is 6. The zero-order valence-electron chi connectivity index (χ0n) is 13.1. The Labute approximate surface area is 127 Å². The van der Waals surface area contributed by atoms with Gasteiger partial charge >= 0.3 is 0 Å². The van der Waals surface area contributed by atoms with Crippen LogP contribution in [0, 0.1) is 0 Å². The van der Waals surface area contributed by atoms with Gasteiger partial charge in [-0.25, -0.2) is 0 Å². The predicted molar refractivity (Wildman–Crippen MR) is 86.6 cm³/mol. The highest BCUT2D eigenvalue weighted by Gasteiger charge is 2.13. The Kier molecular flexibility index (Phi) is 5.34. The van der Waals surface area contributed by atoms with E-state index in [1.165, 1.54) is 5.56 Å². The average Bonchev–Trinajstić information content (AvgIpc) is 2.47. The minimum atomic E-state index is 0.149. The second kappa shape index (κ2) is 7.23. The maximum Gasteiger partial charge on any atom is 0.119 e. The van der Waals surface area contributed by atoms with E-state index >= 15 is 0 Å². The SMILES string of the molecule is CC(C)(C)c1cccc(OCCNCc2ccccn2)c1. The number of benzene rings is 1. The molecular formula is C18H24N2O. The zero-order valence-corrected chi connectivity index (χ0v) is 13.1. The molecule has 21 heavy (non-hydrogen) atoms. The van der Waals surface area contributed by atoms with Crippen molar-refractivity contribution in [2.24, 2.45) is 0 Å². The van der Waals surface area contributed by atoms with Gasteiger partial charge in [-0.05, 0) is 35.2 Å². The fourth-order valence-electron chi connectivity index (χ4n) is 2.01. The highest BCUT2D eigenvalue weighted by Crippen LogP contribution is 2.25. The zero-order chi connectivity index (χ0) is 15.1. The smallest absolute Gasteiger partial charge is 0.119 e. The Balaban J connectivity index is 1.74. The molecule has 0 bridgehead atoms. The lowest BCUT2D eigenvalue weighted by atomic mass is 9.87. The molecule has 1 aromatic heterocycles. The van der Waals surface area contributed by atoms with Crippen LogP contribution in [0.1, 0.15) is 32.0 Å². The van der Waals surface area contributed by atoms with Crippen LogP contribution in [0.25, 0.3) is 0 Å². The Morgan fingerprint density at radius 1 is 1.10 bits per heavy atom. The van der Waals surface area contributed by atoms with Crippen molar-refractivity contribution in [1.82, 2.24) is 10.3 Å². The van der Waals surface area contributed by atoms with E-state index in [1.807, 2.05) is 30.5 Å². The molecule has 1 N–H and O–H groups in total. The molecule has 0 aliphatic rings. The highest BCUT2D eigenvalue weighted by atomic mass is 16.5. The fourth-order valence-corrected chi connectivity index (χ4v) is 2.01. The van der Waals surface area contributed by atoms with Gasteiger partial charge in [0.05, 0.1) is 5.69 Å². The molecular weight excluding hydrogens is 260 g/mol. The maximum atomic E-state index is 5.80. The van der Waals surface area contributed by atoms with Crippen molar-refractivity contribution in [3.63, 3.8) is 0 Å². The second-order valence-corrected chi connectivity index (χ2v) is 6.12. The van der Waals surface area contributed by atoms with E-state index in [-0.39, 0.29) is 5.41 Å². The topological polar surface area (TPSA) is 34.1 Å². The molecule has 0 saturated carbocycles. The van der Waals surface area contributed by atoms with Crippen LogP contribution < -0.4 is 10.1 Å². The van der Waals surface area contributed by atoms with E-state index in [0.29, 0.717) is 6.61 Å². The van der Waals surface area contributed by atoms with Gasteiger partial charge in [-0.3, -0.25) is 4.98 Å². The number of ether oxygens (including phenoxy) is 1. The number of hydrogen-bond acceptors (Lipinski definition) is 3. The minimum Gasteiger partial charge on any atom is -0.492 e. The Bertz CT molecular complexity index is 547. The van der Waals surface area contributed by atoms with E-state index in [4.69, 9.17) is 4.74 Å². The van der Waals surface area contributed by atoms with Crippen LogP contribution in [0.4, 0.5) is 0 Å². The number of aromatic nitrogens is 1. The van der Waals surface area contributed by atoms with Crippen LogP contribution in [0.15, 0.2) is 48.7 Å². The van der Waals surface area contributed by atoms with E-state index in [0.717, 1.165) is 24.5 Å². The molecule has 0 unspecified atom stereocenters. The average molecular weight is 284 g/mol. The van der Waals surface area contributed by atoms with Crippen LogP contribution in [0.3, 0.4) is 0 Å². The molecule has 0 radical (unpaired) electrons. The summed E-state index contributed by atoms with van der Waals surface area (Å²) in [6, 6.07) is 14.3. The predicted octanol–water partition coefficient (Wildman–Crippen LogP) is 3.55. The molecule has 2 aromatic rings. The Hall–Kier alpha value is -1.87. The molecule has 0 atom stereocenters. The van der Waals surface area contributed by atoms with E-state index in [2.05, 4.69) is 49.3 Å². The van der Waals surface area contributed by atoms with Gasteiger partial charge in [0.1, 0.15) is 12.4 Å². The molecule has 1 heterocycles. The first-order valence-corrected chi connectivity index (χ1v) is 7.40. The molecule has 0 spiro atoms. The summed E-state index contributed by atoms with van der Waals surface area (Å²) in [4.78, 5) is 4.27. The van der Waals surface area contributed by atoms with Gasteiger partial charge in [-0.1, -0.05) is 39.0 Å². The summed E-state index contributed by atoms with van der Waals surface area (Å²) in [5, 5.41) is 3.33. The first-order chi connectivity index (χ1) is 10.1. The first kappa shape index (κ1) is 15.5. The Morgan fingerprint density at radius 2 is 1.95 bits per heavy atom. The molecule has 112 valence electrons. The quantitative estimate of drug-likeness (QED) is 0.824. The lowest BCUT2D eigenvalue weighted by molar-refractivity contribution is 0.312. The fraction of sp³-hybridized carbons (Fsp3) is 0.389. The molecule has 0 saturated heterocycles. The van der Waals surface area contributed by atoms with Crippen molar-refractivity contribution in [3.05, 3.63) is 59.9 Å². The summed E-state index contributed by atoms with van der Waals surface area (Å²) < 4.78 is 5.80. The summed E-state index contributed by atoms with van der Waals surface area (Å²) in [7, 11) is 0. The number of nitrogens with zero attached hydrogens (tertiary/aromatic N) is 1. The third-order valence-corrected chi connectivity index (χ3v) is 3.28. The van der Waals surface area contributed by atoms with Gasteiger partial charge in [0, 0.05) is 19.3 Å². The van der Waals surface area contributed by atoms with Gasteiger partial charge in [-0.15, -0.1) is 0 Å². The van der Waals surface area contributed by atoms with Gasteiger partial charge < -0.3 is 10.1 Å². The van der Waals surface area contributed by atoms with Crippen LogP contribution >= 0.6 is 0 Å². The summed E-state index contributed by atoms with van der Waals surface area (Å²) in [6.07, 6.45) is 1.81.